The fourth-order valence-electron chi connectivity index (χ4n) is 1.56. The Morgan fingerprint density at radius 2 is 1.89 bits per heavy atom. The van der Waals surface area contributed by atoms with Crippen LogP contribution in [0.3, 0.4) is 0 Å². The summed E-state index contributed by atoms with van der Waals surface area (Å²) in [5.41, 5.74) is 8.02. The van der Waals surface area contributed by atoms with Gasteiger partial charge in [-0.3, -0.25) is 4.79 Å². The van der Waals surface area contributed by atoms with Crippen molar-refractivity contribution in [1.29, 1.82) is 0 Å². The van der Waals surface area contributed by atoms with Crippen LogP contribution in [0.15, 0.2) is 18.2 Å². The summed E-state index contributed by atoms with van der Waals surface area (Å²) in [6.45, 7) is 8.58. The van der Waals surface area contributed by atoms with Crippen molar-refractivity contribution in [2.24, 2.45) is 5.41 Å². The zero-order chi connectivity index (χ0) is 14.8. The summed E-state index contributed by atoms with van der Waals surface area (Å²) >= 11 is 0. The Labute approximate surface area is 116 Å². The highest BCUT2D eigenvalue weighted by Crippen LogP contribution is 2.26. The van der Waals surface area contributed by atoms with Gasteiger partial charge in [-0.1, -0.05) is 20.8 Å². The molecule has 0 bridgehead atoms. The highest BCUT2D eigenvalue weighted by Gasteiger charge is 2.22. The third-order valence-electron chi connectivity index (χ3n) is 3.35. The van der Waals surface area contributed by atoms with Crippen LogP contribution in [0.5, 0.6) is 0 Å². The minimum Gasteiger partial charge on any atom is -0.399 e. The van der Waals surface area contributed by atoms with Gasteiger partial charge in [0.25, 0.3) is 5.91 Å². The molecule has 4 nitrogen and oxygen atoms in total. The average Bonchev–Trinajstić information content (AvgIpc) is 2.27. The lowest BCUT2D eigenvalue weighted by Gasteiger charge is -2.30. The van der Waals surface area contributed by atoms with Crippen molar-refractivity contribution in [3.8, 4) is 0 Å². The molecule has 1 atom stereocenters. The van der Waals surface area contributed by atoms with E-state index in [9.17, 15) is 4.79 Å². The smallest absolute Gasteiger partial charge is 0.255 e. The van der Waals surface area contributed by atoms with E-state index in [1.165, 1.54) is 0 Å². The number of anilines is 2. The Morgan fingerprint density at radius 3 is 2.37 bits per heavy atom. The van der Waals surface area contributed by atoms with Gasteiger partial charge in [-0.2, -0.15) is 0 Å². The molecule has 0 aliphatic rings. The van der Waals surface area contributed by atoms with Gasteiger partial charge in [0.1, 0.15) is 0 Å². The zero-order valence-electron chi connectivity index (χ0n) is 12.7. The predicted octanol–water partition coefficient (Wildman–Crippen LogP) is 2.82. The molecule has 1 amide bonds. The molecule has 1 aromatic carbocycles. The predicted molar refractivity (Wildman–Crippen MR) is 81.4 cm³/mol. The van der Waals surface area contributed by atoms with Crippen LogP contribution in [0.2, 0.25) is 0 Å². The molecule has 0 aliphatic heterocycles. The first kappa shape index (κ1) is 15.3. The molecule has 0 aromatic heterocycles. The summed E-state index contributed by atoms with van der Waals surface area (Å²) < 4.78 is 0. The molecule has 0 radical (unpaired) electrons. The van der Waals surface area contributed by atoms with Gasteiger partial charge < -0.3 is 16.0 Å². The standard InChI is InChI=1S/C15H25N3O/c1-10(15(2,3)4)17-13-9-11(16)7-8-12(13)14(19)18(5)6/h7-10,17H,16H2,1-6H3. The fourth-order valence-corrected chi connectivity index (χ4v) is 1.56. The van der Waals surface area contributed by atoms with Gasteiger partial charge in [0, 0.05) is 31.5 Å². The summed E-state index contributed by atoms with van der Waals surface area (Å²) in [5.74, 6) is -0.0244. The van der Waals surface area contributed by atoms with E-state index in [0.717, 1.165) is 5.69 Å². The maximum Gasteiger partial charge on any atom is 0.255 e. The van der Waals surface area contributed by atoms with Crippen molar-refractivity contribution in [3.05, 3.63) is 23.8 Å². The molecule has 1 unspecified atom stereocenters. The molecule has 0 fully saturated rings. The quantitative estimate of drug-likeness (QED) is 0.824. The number of hydrogen-bond acceptors (Lipinski definition) is 3. The Hall–Kier alpha value is -1.71. The number of carbonyl (C=O) groups excluding carboxylic acids is 1. The van der Waals surface area contributed by atoms with Gasteiger partial charge in [0.05, 0.1) is 5.56 Å². The molecule has 0 aliphatic carbocycles. The van der Waals surface area contributed by atoms with E-state index in [-0.39, 0.29) is 17.4 Å². The maximum absolute atomic E-state index is 12.2. The normalized spacial score (nSPS) is 12.9. The van der Waals surface area contributed by atoms with Gasteiger partial charge in [-0.25, -0.2) is 0 Å². The van der Waals surface area contributed by atoms with Crippen molar-refractivity contribution in [2.75, 3.05) is 25.1 Å². The number of nitrogens with zero attached hydrogens (tertiary/aromatic N) is 1. The number of benzene rings is 1. The number of amides is 1. The first-order chi connectivity index (χ1) is 8.62. The molecule has 0 heterocycles. The Balaban J connectivity index is 3.11. The zero-order valence-corrected chi connectivity index (χ0v) is 12.7. The third-order valence-corrected chi connectivity index (χ3v) is 3.35. The van der Waals surface area contributed by atoms with Gasteiger partial charge in [-0.15, -0.1) is 0 Å². The largest absolute Gasteiger partial charge is 0.399 e. The molecule has 106 valence electrons. The van der Waals surface area contributed by atoms with Gasteiger partial charge in [0.15, 0.2) is 0 Å². The van der Waals surface area contributed by atoms with E-state index in [2.05, 4.69) is 33.0 Å². The second-order valence-corrected chi connectivity index (χ2v) is 6.24. The first-order valence-corrected chi connectivity index (χ1v) is 6.50. The molecular formula is C15H25N3O. The Kier molecular flexibility index (Phi) is 4.45. The lowest BCUT2D eigenvalue weighted by molar-refractivity contribution is 0.0828. The first-order valence-electron chi connectivity index (χ1n) is 6.50. The summed E-state index contributed by atoms with van der Waals surface area (Å²) in [7, 11) is 3.49. The Bertz CT molecular complexity index is 461. The minimum absolute atomic E-state index is 0.0244. The highest BCUT2D eigenvalue weighted by atomic mass is 16.2. The van der Waals surface area contributed by atoms with Crippen LogP contribution >= 0.6 is 0 Å². The van der Waals surface area contributed by atoms with Crippen LogP contribution in [0.1, 0.15) is 38.1 Å². The molecule has 1 aromatic rings. The summed E-state index contributed by atoms with van der Waals surface area (Å²) in [4.78, 5) is 13.7. The minimum atomic E-state index is -0.0244. The molecule has 0 saturated heterocycles. The van der Waals surface area contributed by atoms with Crippen LogP contribution in [0, 0.1) is 5.41 Å². The summed E-state index contributed by atoms with van der Waals surface area (Å²) in [6, 6.07) is 5.57. The summed E-state index contributed by atoms with van der Waals surface area (Å²) in [6.07, 6.45) is 0. The molecule has 0 saturated carbocycles. The molecule has 0 spiro atoms. The van der Waals surface area contributed by atoms with E-state index in [0.29, 0.717) is 11.3 Å². The lowest BCUT2D eigenvalue weighted by atomic mass is 9.87. The van der Waals surface area contributed by atoms with E-state index in [1.54, 1.807) is 31.1 Å². The molecule has 4 heteroatoms. The second-order valence-electron chi connectivity index (χ2n) is 6.24. The van der Waals surface area contributed by atoms with Gasteiger partial charge in [0.2, 0.25) is 0 Å². The monoisotopic (exact) mass is 263 g/mol. The number of rotatable bonds is 3. The molecular weight excluding hydrogens is 238 g/mol. The SMILES string of the molecule is CC(Nc1cc(N)ccc1C(=O)N(C)C)C(C)(C)C. The second kappa shape index (κ2) is 5.51. The number of nitrogens with two attached hydrogens (primary N) is 1. The fraction of sp³-hybridized carbons (Fsp3) is 0.533. The van der Waals surface area contributed by atoms with Crippen molar-refractivity contribution >= 4 is 17.3 Å². The number of nitrogens with one attached hydrogen (secondary N) is 1. The Morgan fingerprint density at radius 1 is 1.32 bits per heavy atom. The van der Waals surface area contributed by atoms with E-state index < -0.39 is 0 Å². The topological polar surface area (TPSA) is 58.4 Å². The maximum atomic E-state index is 12.2. The van der Waals surface area contributed by atoms with E-state index in [1.807, 2.05) is 6.07 Å². The van der Waals surface area contributed by atoms with Crippen molar-refractivity contribution in [2.45, 2.75) is 33.7 Å². The van der Waals surface area contributed by atoms with Crippen LogP contribution in [-0.4, -0.2) is 30.9 Å². The molecule has 19 heavy (non-hydrogen) atoms. The van der Waals surface area contributed by atoms with E-state index in [4.69, 9.17) is 5.73 Å². The average molecular weight is 263 g/mol. The van der Waals surface area contributed by atoms with Crippen LogP contribution < -0.4 is 11.1 Å². The third kappa shape index (κ3) is 3.88. The van der Waals surface area contributed by atoms with Crippen molar-refractivity contribution in [1.82, 2.24) is 4.90 Å². The molecule has 3 N–H and O–H groups in total. The van der Waals surface area contributed by atoms with Gasteiger partial charge in [-0.05, 0) is 30.5 Å². The van der Waals surface area contributed by atoms with Crippen LogP contribution in [-0.2, 0) is 0 Å². The van der Waals surface area contributed by atoms with Gasteiger partial charge >= 0.3 is 0 Å². The van der Waals surface area contributed by atoms with Crippen molar-refractivity contribution in [3.63, 3.8) is 0 Å². The van der Waals surface area contributed by atoms with E-state index >= 15 is 0 Å². The number of nitrogen functional groups attached to an aromatic ring is 1. The van der Waals surface area contributed by atoms with Crippen molar-refractivity contribution < 1.29 is 4.79 Å². The highest BCUT2D eigenvalue weighted by molar-refractivity contribution is 6.00. The lowest BCUT2D eigenvalue weighted by Crippen LogP contribution is -2.32. The van der Waals surface area contributed by atoms with Crippen LogP contribution in [0.25, 0.3) is 0 Å². The van der Waals surface area contributed by atoms with Crippen LogP contribution in [0.4, 0.5) is 11.4 Å². The molecule has 1 rings (SSSR count). The summed E-state index contributed by atoms with van der Waals surface area (Å²) in [5, 5.41) is 3.40. The number of carbonyl (C=O) groups is 1. The number of hydrogen-bond donors (Lipinski definition) is 2.